The summed E-state index contributed by atoms with van der Waals surface area (Å²) < 4.78 is 5.09. The highest BCUT2D eigenvalue weighted by Crippen LogP contribution is 2.26. The molecule has 2 aromatic heterocycles. The highest BCUT2D eigenvalue weighted by atomic mass is 32.2. The number of anilines is 2. The van der Waals surface area contributed by atoms with Crippen LogP contribution in [0.25, 0.3) is 11.3 Å². The summed E-state index contributed by atoms with van der Waals surface area (Å²) >= 11 is 2.78. The van der Waals surface area contributed by atoms with Crippen LogP contribution in [-0.4, -0.2) is 22.6 Å². The second-order valence-electron chi connectivity index (χ2n) is 6.70. The molecular formula is C23H19N3O3S2. The summed E-state index contributed by atoms with van der Waals surface area (Å²) in [5, 5.41) is 8.12. The molecule has 0 fully saturated rings. The van der Waals surface area contributed by atoms with Gasteiger partial charge in [-0.1, -0.05) is 35.9 Å². The van der Waals surface area contributed by atoms with E-state index < -0.39 is 0 Å². The maximum absolute atomic E-state index is 12.3. The molecule has 156 valence electrons. The predicted octanol–water partition coefficient (Wildman–Crippen LogP) is 5.69. The lowest BCUT2D eigenvalue weighted by Crippen LogP contribution is -2.14. The number of thiazole rings is 1. The fourth-order valence-corrected chi connectivity index (χ4v) is 4.25. The fraction of sp³-hybridized carbons (Fsp3) is 0.0870. The number of amides is 2. The van der Waals surface area contributed by atoms with Gasteiger partial charge in [0.05, 0.1) is 17.7 Å². The summed E-state index contributed by atoms with van der Waals surface area (Å²) in [5.41, 5.74) is 3.68. The van der Waals surface area contributed by atoms with E-state index in [2.05, 4.69) is 15.6 Å². The molecule has 2 N–H and O–H groups in total. The van der Waals surface area contributed by atoms with Crippen molar-refractivity contribution in [3.63, 3.8) is 0 Å². The molecule has 0 atom stereocenters. The largest absolute Gasteiger partial charge is 0.459 e. The van der Waals surface area contributed by atoms with Crippen molar-refractivity contribution in [3.05, 3.63) is 83.6 Å². The zero-order valence-corrected chi connectivity index (χ0v) is 18.3. The third-order valence-corrected chi connectivity index (χ3v) is 6.06. The van der Waals surface area contributed by atoms with Crippen molar-refractivity contribution in [1.82, 2.24) is 4.98 Å². The van der Waals surface area contributed by atoms with Gasteiger partial charge in [0.2, 0.25) is 5.91 Å². The number of furan rings is 1. The minimum absolute atomic E-state index is 0.139. The molecule has 2 amide bonds. The number of aryl methyl sites for hydroxylation is 1. The molecule has 31 heavy (non-hydrogen) atoms. The number of nitrogens with zero attached hydrogens (tertiary/aromatic N) is 1. The average molecular weight is 450 g/mol. The molecule has 6 nitrogen and oxygen atoms in total. The maximum atomic E-state index is 12.3. The molecule has 0 aliphatic rings. The summed E-state index contributed by atoms with van der Waals surface area (Å²) in [6.45, 7) is 2.04. The lowest BCUT2D eigenvalue weighted by atomic mass is 10.1. The first-order valence-corrected chi connectivity index (χ1v) is 11.3. The highest BCUT2D eigenvalue weighted by Gasteiger charge is 2.11. The maximum Gasteiger partial charge on any atom is 0.291 e. The van der Waals surface area contributed by atoms with Crippen molar-refractivity contribution in [1.29, 1.82) is 0 Å². The van der Waals surface area contributed by atoms with E-state index in [1.165, 1.54) is 34.9 Å². The Labute approximate surface area is 187 Å². The van der Waals surface area contributed by atoms with E-state index in [1.807, 2.05) is 54.8 Å². The van der Waals surface area contributed by atoms with Gasteiger partial charge in [0.25, 0.3) is 5.91 Å². The fourth-order valence-electron chi connectivity index (χ4n) is 2.76. The lowest BCUT2D eigenvalue weighted by Gasteiger charge is -2.06. The van der Waals surface area contributed by atoms with Crippen LogP contribution in [0.2, 0.25) is 0 Å². The van der Waals surface area contributed by atoms with Crippen molar-refractivity contribution in [3.8, 4) is 11.3 Å². The number of thioether (sulfide) groups is 1. The molecule has 0 radical (unpaired) electrons. The smallest absolute Gasteiger partial charge is 0.291 e. The summed E-state index contributed by atoms with van der Waals surface area (Å²) in [5.74, 6) is 0.0124. The molecule has 0 saturated heterocycles. The van der Waals surface area contributed by atoms with Crippen molar-refractivity contribution in [2.45, 2.75) is 11.8 Å². The Balaban J connectivity index is 1.31. The molecule has 8 heteroatoms. The van der Waals surface area contributed by atoms with E-state index >= 15 is 0 Å². The molecule has 0 aliphatic heterocycles. The third-order valence-electron chi connectivity index (χ3n) is 4.30. The molecule has 0 bridgehead atoms. The summed E-state index contributed by atoms with van der Waals surface area (Å²) in [6, 6.07) is 18.7. The van der Waals surface area contributed by atoms with E-state index in [4.69, 9.17) is 4.42 Å². The Kier molecular flexibility index (Phi) is 6.49. The van der Waals surface area contributed by atoms with Gasteiger partial charge in [0.15, 0.2) is 10.9 Å². The van der Waals surface area contributed by atoms with Crippen molar-refractivity contribution < 1.29 is 14.0 Å². The average Bonchev–Trinajstić information content (AvgIpc) is 3.46. The zero-order valence-electron chi connectivity index (χ0n) is 16.6. The first-order chi connectivity index (χ1) is 15.1. The number of rotatable bonds is 7. The first-order valence-electron chi connectivity index (χ1n) is 9.47. The Morgan fingerprint density at radius 3 is 2.68 bits per heavy atom. The number of hydrogen-bond acceptors (Lipinski definition) is 6. The minimum atomic E-state index is -0.321. The second-order valence-corrected chi connectivity index (χ2v) is 8.61. The Bertz CT molecular complexity index is 1190. The SMILES string of the molecule is Cc1ccc(-c2csc(NC(=O)CSc3cccc(NC(=O)c4ccco4)c3)n2)cc1. The van der Waals surface area contributed by atoms with Gasteiger partial charge in [-0.05, 0) is 37.3 Å². The van der Waals surface area contributed by atoms with Gasteiger partial charge in [-0.15, -0.1) is 23.1 Å². The topological polar surface area (TPSA) is 84.2 Å². The Morgan fingerprint density at radius 1 is 1.06 bits per heavy atom. The molecule has 0 spiro atoms. The van der Waals surface area contributed by atoms with Gasteiger partial charge in [-0.25, -0.2) is 4.98 Å². The van der Waals surface area contributed by atoms with E-state index in [1.54, 1.807) is 18.2 Å². The molecule has 2 heterocycles. The standard InChI is InChI=1S/C23H19N3O3S2/c1-15-7-9-16(10-8-15)19-13-31-23(25-19)26-21(27)14-30-18-5-2-4-17(12-18)24-22(28)20-6-3-11-29-20/h2-13H,14H2,1H3,(H,24,28)(H,25,26,27). The predicted molar refractivity (Wildman–Crippen MR) is 125 cm³/mol. The van der Waals surface area contributed by atoms with Crippen LogP contribution >= 0.6 is 23.1 Å². The quantitative estimate of drug-likeness (QED) is 0.354. The number of aromatic nitrogens is 1. The number of benzene rings is 2. The summed E-state index contributed by atoms with van der Waals surface area (Å²) in [4.78, 5) is 29.8. The summed E-state index contributed by atoms with van der Waals surface area (Å²) in [6.07, 6.45) is 1.45. The molecule has 4 aromatic rings. The normalized spacial score (nSPS) is 10.6. The second kappa shape index (κ2) is 9.63. The number of carbonyl (C=O) groups is 2. The van der Waals surface area contributed by atoms with Crippen molar-refractivity contribution in [2.75, 3.05) is 16.4 Å². The molecule has 0 aliphatic carbocycles. The van der Waals surface area contributed by atoms with Crippen molar-refractivity contribution in [2.24, 2.45) is 0 Å². The van der Waals surface area contributed by atoms with Crippen LogP contribution in [0.1, 0.15) is 16.1 Å². The molecule has 4 rings (SSSR count). The van der Waals surface area contributed by atoms with Gasteiger partial charge in [-0.3, -0.25) is 9.59 Å². The summed E-state index contributed by atoms with van der Waals surface area (Å²) in [7, 11) is 0. The Morgan fingerprint density at radius 2 is 1.90 bits per heavy atom. The van der Waals surface area contributed by atoms with E-state index in [9.17, 15) is 9.59 Å². The van der Waals surface area contributed by atoms with Crippen LogP contribution in [0.3, 0.4) is 0 Å². The van der Waals surface area contributed by atoms with Gasteiger partial charge in [0, 0.05) is 21.5 Å². The first kappa shape index (κ1) is 20.9. The molecular weight excluding hydrogens is 430 g/mol. The van der Waals surface area contributed by atoms with E-state index in [0.29, 0.717) is 10.8 Å². The van der Waals surface area contributed by atoms with Crippen LogP contribution in [0.4, 0.5) is 10.8 Å². The minimum Gasteiger partial charge on any atom is -0.459 e. The Hall–Kier alpha value is -3.36. The van der Waals surface area contributed by atoms with E-state index in [-0.39, 0.29) is 23.3 Å². The molecule has 0 saturated carbocycles. The number of nitrogens with one attached hydrogen (secondary N) is 2. The molecule has 2 aromatic carbocycles. The van der Waals surface area contributed by atoms with Gasteiger partial charge >= 0.3 is 0 Å². The van der Waals surface area contributed by atoms with Gasteiger partial charge in [0.1, 0.15) is 0 Å². The zero-order chi connectivity index (χ0) is 21.6. The third kappa shape index (κ3) is 5.62. The van der Waals surface area contributed by atoms with Crippen LogP contribution in [-0.2, 0) is 4.79 Å². The number of hydrogen-bond donors (Lipinski definition) is 2. The van der Waals surface area contributed by atoms with E-state index in [0.717, 1.165) is 16.2 Å². The van der Waals surface area contributed by atoms with Crippen LogP contribution in [0.5, 0.6) is 0 Å². The highest BCUT2D eigenvalue weighted by molar-refractivity contribution is 8.00. The van der Waals surface area contributed by atoms with Gasteiger partial charge in [-0.2, -0.15) is 0 Å². The monoisotopic (exact) mass is 449 g/mol. The van der Waals surface area contributed by atoms with Crippen LogP contribution in [0, 0.1) is 6.92 Å². The van der Waals surface area contributed by atoms with Crippen LogP contribution < -0.4 is 10.6 Å². The number of carbonyl (C=O) groups excluding carboxylic acids is 2. The van der Waals surface area contributed by atoms with Crippen molar-refractivity contribution >= 4 is 45.7 Å². The molecule has 0 unspecified atom stereocenters. The lowest BCUT2D eigenvalue weighted by molar-refractivity contribution is -0.113. The van der Waals surface area contributed by atoms with Gasteiger partial charge < -0.3 is 15.1 Å². The van der Waals surface area contributed by atoms with Crippen LogP contribution in [0.15, 0.2) is 81.6 Å².